The van der Waals surface area contributed by atoms with Gasteiger partial charge in [-0.05, 0) is 48.9 Å². The van der Waals surface area contributed by atoms with Gasteiger partial charge in [-0.15, -0.1) is 0 Å². The predicted octanol–water partition coefficient (Wildman–Crippen LogP) is 4.66. The molecule has 0 spiro atoms. The summed E-state index contributed by atoms with van der Waals surface area (Å²) in [6.45, 7) is 0.230. The third-order valence-corrected chi connectivity index (χ3v) is 5.97. The van der Waals surface area contributed by atoms with Crippen molar-refractivity contribution < 1.29 is 23.1 Å². The van der Waals surface area contributed by atoms with E-state index in [0.29, 0.717) is 18.4 Å². The van der Waals surface area contributed by atoms with Crippen LogP contribution in [0, 0.1) is 17.6 Å². The van der Waals surface area contributed by atoms with Crippen LogP contribution in [0.1, 0.15) is 36.8 Å². The maximum Gasteiger partial charge on any atom is 0.410 e. The fourth-order valence-electron chi connectivity index (χ4n) is 4.53. The van der Waals surface area contributed by atoms with Gasteiger partial charge < -0.3 is 9.64 Å². The summed E-state index contributed by atoms with van der Waals surface area (Å²) >= 11 is 0. The molecule has 0 radical (unpaired) electrons. The normalized spacial score (nSPS) is 23.1. The topological polar surface area (TPSA) is 46.6 Å². The summed E-state index contributed by atoms with van der Waals surface area (Å²) in [5.74, 6) is -2.00. The second-order valence-electron chi connectivity index (χ2n) is 7.89. The summed E-state index contributed by atoms with van der Waals surface area (Å²) in [6, 6.07) is 13.1. The van der Waals surface area contributed by atoms with Crippen molar-refractivity contribution in [3.05, 3.63) is 71.3 Å². The van der Waals surface area contributed by atoms with Gasteiger partial charge in [0.05, 0.1) is 0 Å². The first-order valence-corrected chi connectivity index (χ1v) is 9.97. The number of ether oxygens (including phenoxy) is 1. The highest BCUT2D eigenvalue weighted by molar-refractivity contribution is 5.84. The van der Waals surface area contributed by atoms with E-state index in [1.165, 1.54) is 6.07 Å². The average Bonchev–Trinajstić information content (AvgIpc) is 2.99. The van der Waals surface area contributed by atoms with E-state index in [1.54, 1.807) is 4.90 Å². The Kier molecular flexibility index (Phi) is 5.60. The molecule has 2 heterocycles. The van der Waals surface area contributed by atoms with Gasteiger partial charge in [0.1, 0.15) is 12.4 Å². The van der Waals surface area contributed by atoms with Crippen LogP contribution >= 0.6 is 0 Å². The fourth-order valence-corrected chi connectivity index (χ4v) is 4.53. The Morgan fingerprint density at radius 2 is 1.62 bits per heavy atom. The molecule has 6 heteroatoms. The highest BCUT2D eigenvalue weighted by Gasteiger charge is 2.45. The number of rotatable bonds is 5. The number of Topliss-reactive ketones (excluding diaryl/α,β-unsaturated/α-hetero) is 1. The number of amides is 1. The van der Waals surface area contributed by atoms with E-state index < -0.39 is 11.6 Å². The summed E-state index contributed by atoms with van der Waals surface area (Å²) in [6.07, 6.45) is 2.67. The maximum absolute atomic E-state index is 13.4. The zero-order valence-electron chi connectivity index (χ0n) is 16.0. The first-order chi connectivity index (χ1) is 14.0. The first kappa shape index (κ1) is 19.6. The SMILES string of the molecule is O=C(Cc1ccc(F)c(F)c1)C1CC2CCC(C1)N2C(=O)OCc1ccccc1. The van der Waals surface area contributed by atoms with Crippen molar-refractivity contribution in [3.63, 3.8) is 0 Å². The molecular formula is C23H23F2NO3. The van der Waals surface area contributed by atoms with Gasteiger partial charge in [-0.1, -0.05) is 36.4 Å². The second kappa shape index (κ2) is 8.31. The monoisotopic (exact) mass is 399 g/mol. The van der Waals surface area contributed by atoms with Gasteiger partial charge in [0.25, 0.3) is 0 Å². The summed E-state index contributed by atoms with van der Waals surface area (Å²) in [5.41, 5.74) is 1.41. The fraction of sp³-hybridized carbons (Fsp3) is 0.391. The number of carbonyl (C=O) groups excluding carboxylic acids is 2. The number of hydrogen-bond acceptors (Lipinski definition) is 3. The molecule has 4 rings (SSSR count). The molecule has 2 fully saturated rings. The van der Waals surface area contributed by atoms with Gasteiger partial charge in [0.15, 0.2) is 11.6 Å². The van der Waals surface area contributed by atoms with Crippen LogP contribution in [0.25, 0.3) is 0 Å². The Hall–Kier alpha value is -2.76. The van der Waals surface area contributed by atoms with Crippen molar-refractivity contribution in [1.82, 2.24) is 4.90 Å². The molecule has 0 saturated carbocycles. The first-order valence-electron chi connectivity index (χ1n) is 9.97. The summed E-state index contributed by atoms with van der Waals surface area (Å²) in [4.78, 5) is 27.1. The second-order valence-corrected chi connectivity index (χ2v) is 7.89. The van der Waals surface area contributed by atoms with Gasteiger partial charge in [0, 0.05) is 24.4 Å². The standard InChI is InChI=1S/C23H23F2NO3/c24-20-9-6-16(10-21(20)25)11-22(27)17-12-18-7-8-19(13-17)26(18)23(28)29-14-15-4-2-1-3-5-15/h1-6,9-10,17-19H,7-8,11-14H2. The van der Waals surface area contributed by atoms with Crippen molar-refractivity contribution in [2.45, 2.75) is 50.8 Å². The molecule has 29 heavy (non-hydrogen) atoms. The van der Waals surface area contributed by atoms with Gasteiger partial charge in [-0.3, -0.25) is 4.79 Å². The molecule has 2 aromatic carbocycles. The molecule has 2 saturated heterocycles. The van der Waals surface area contributed by atoms with Crippen LogP contribution in [-0.2, 0) is 22.6 Å². The minimum absolute atomic E-state index is 0.00377. The Morgan fingerprint density at radius 3 is 2.28 bits per heavy atom. The Morgan fingerprint density at radius 1 is 0.931 bits per heavy atom. The lowest BCUT2D eigenvalue weighted by Crippen LogP contribution is -2.48. The van der Waals surface area contributed by atoms with Crippen LogP contribution in [-0.4, -0.2) is 28.9 Å². The van der Waals surface area contributed by atoms with E-state index >= 15 is 0 Å². The molecule has 4 nitrogen and oxygen atoms in total. The van der Waals surface area contributed by atoms with Crippen molar-refractivity contribution in [1.29, 1.82) is 0 Å². The highest BCUT2D eigenvalue weighted by Crippen LogP contribution is 2.39. The van der Waals surface area contributed by atoms with E-state index in [4.69, 9.17) is 4.74 Å². The van der Waals surface area contributed by atoms with Gasteiger partial charge in [-0.2, -0.15) is 0 Å². The highest BCUT2D eigenvalue weighted by atomic mass is 19.2. The minimum atomic E-state index is -0.939. The van der Waals surface area contributed by atoms with Gasteiger partial charge in [-0.25, -0.2) is 13.6 Å². The molecular weight excluding hydrogens is 376 g/mol. The van der Waals surface area contributed by atoms with Crippen LogP contribution in [0.5, 0.6) is 0 Å². The number of fused-ring (bicyclic) bond motifs is 2. The average molecular weight is 399 g/mol. The van der Waals surface area contributed by atoms with Crippen molar-refractivity contribution in [2.75, 3.05) is 0 Å². The molecule has 2 unspecified atom stereocenters. The third-order valence-electron chi connectivity index (χ3n) is 5.97. The molecule has 2 aromatic rings. The molecule has 1 amide bonds. The lowest BCUT2D eigenvalue weighted by atomic mass is 9.85. The van der Waals surface area contributed by atoms with Crippen LogP contribution in [0.3, 0.4) is 0 Å². The number of nitrogens with zero attached hydrogens (tertiary/aromatic N) is 1. The lowest BCUT2D eigenvalue weighted by molar-refractivity contribution is -0.124. The summed E-state index contributed by atoms with van der Waals surface area (Å²) in [5, 5.41) is 0. The van der Waals surface area contributed by atoms with E-state index in [1.807, 2.05) is 30.3 Å². The van der Waals surface area contributed by atoms with Crippen LogP contribution in [0.15, 0.2) is 48.5 Å². The minimum Gasteiger partial charge on any atom is -0.445 e. The Labute approximate surface area is 168 Å². The van der Waals surface area contributed by atoms with Crippen LogP contribution in [0.2, 0.25) is 0 Å². The van der Waals surface area contributed by atoms with E-state index in [2.05, 4.69) is 0 Å². The number of piperidine rings is 1. The quantitative estimate of drug-likeness (QED) is 0.735. The molecule has 0 aromatic heterocycles. The van der Waals surface area contributed by atoms with Crippen molar-refractivity contribution in [2.24, 2.45) is 5.92 Å². The molecule has 152 valence electrons. The number of hydrogen-bond donors (Lipinski definition) is 0. The van der Waals surface area contributed by atoms with Gasteiger partial charge >= 0.3 is 6.09 Å². The van der Waals surface area contributed by atoms with E-state index in [0.717, 1.165) is 30.5 Å². The largest absolute Gasteiger partial charge is 0.445 e. The van der Waals surface area contributed by atoms with E-state index in [9.17, 15) is 18.4 Å². The molecule has 2 aliphatic heterocycles. The molecule has 2 aliphatic rings. The Bertz CT molecular complexity index is 888. The summed E-state index contributed by atoms with van der Waals surface area (Å²) in [7, 11) is 0. The van der Waals surface area contributed by atoms with Crippen LogP contribution < -0.4 is 0 Å². The zero-order valence-corrected chi connectivity index (χ0v) is 16.0. The van der Waals surface area contributed by atoms with Gasteiger partial charge in [0.2, 0.25) is 0 Å². The van der Waals surface area contributed by atoms with Crippen LogP contribution in [0.4, 0.5) is 13.6 Å². The number of halogens is 2. The molecule has 2 bridgehead atoms. The van der Waals surface area contributed by atoms with Crippen molar-refractivity contribution in [3.8, 4) is 0 Å². The maximum atomic E-state index is 13.4. The Balaban J connectivity index is 1.35. The third kappa shape index (κ3) is 4.31. The predicted molar refractivity (Wildman–Crippen MR) is 103 cm³/mol. The van der Waals surface area contributed by atoms with Crippen molar-refractivity contribution >= 4 is 11.9 Å². The number of ketones is 1. The molecule has 0 aliphatic carbocycles. The molecule has 2 atom stereocenters. The smallest absolute Gasteiger partial charge is 0.410 e. The summed E-state index contributed by atoms with van der Waals surface area (Å²) < 4.78 is 32.0. The molecule has 0 N–H and O–H groups in total. The number of carbonyl (C=O) groups is 2. The number of benzene rings is 2. The van der Waals surface area contributed by atoms with E-state index in [-0.39, 0.29) is 42.9 Å². The zero-order chi connectivity index (χ0) is 20.4. The lowest BCUT2D eigenvalue weighted by Gasteiger charge is -2.37.